The van der Waals surface area contributed by atoms with E-state index in [0.717, 1.165) is 25.9 Å². The number of likely N-dealkylation sites (tertiary alicyclic amines) is 1. The molecule has 9 heteroatoms. The van der Waals surface area contributed by atoms with Crippen LogP contribution in [0.15, 0.2) is 42.5 Å². The summed E-state index contributed by atoms with van der Waals surface area (Å²) >= 11 is 0. The van der Waals surface area contributed by atoms with Crippen LogP contribution in [0, 0.1) is 5.92 Å². The molecule has 0 bridgehead atoms. The van der Waals surface area contributed by atoms with Crippen LogP contribution in [0.4, 0.5) is 11.4 Å². The number of ether oxygens (including phenoxy) is 2. The van der Waals surface area contributed by atoms with Gasteiger partial charge in [-0.05, 0) is 64.0 Å². The van der Waals surface area contributed by atoms with Gasteiger partial charge < -0.3 is 25.0 Å². The quantitative estimate of drug-likeness (QED) is 0.602. The molecule has 2 heterocycles. The predicted molar refractivity (Wildman–Crippen MR) is 133 cm³/mol. The first-order valence-electron chi connectivity index (χ1n) is 12.1. The van der Waals surface area contributed by atoms with E-state index < -0.39 is 0 Å². The third-order valence-corrected chi connectivity index (χ3v) is 6.46. The standard InChI is InChI=1S/C26H32N4O5/c1-3-30(4-2)26(33)18-11-13-29(14-12-18)16-24(31)28-21-8-6-5-7-20(21)25(32)27-19-9-10-22-23(15-19)35-17-34-22/h5-10,15,18H,3-4,11-14,16-17H2,1-2H3,(H,27,32)(H,28,31). The minimum Gasteiger partial charge on any atom is -0.454 e. The van der Waals surface area contributed by atoms with Gasteiger partial charge in [0.05, 0.1) is 17.8 Å². The van der Waals surface area contributed by atoms with E-state index in [-0.39, 0.29) is 37.0 Å². The molecule has 9 nitrogen and oxygen atoms in total. The van der Waals surface area contributed by atoms with Gasteiger partial charge in [-0.15, -0.1) is 0 Å². The molecule has 3 amide bonds. The van der Waals surface area contributed by atoms with Crippen molar-refractivity contribution in [1.29, 1.82) is 0 Å². The highest BCUT2D eigenvalue weighted by molar-refractivity contribution is 6.10. The number of hydrogen-bond donors (Lipinski definition) is 2. The number of amides is 3. The fourth-order valence-corrected chi connectivity index (χ4v) is 4.49. The van der Waals surface area contributed by atoms with E-state index in [1.54, 1.807) is 42.5 Å². The van der Waals surface area contributed by atoms with Gasteiger partial charge in [0.25, 0.3) is 5.91 Å². The number of hydrogen-bond acceptors (Lipinski definition) is 6. The second-order valence-electron chi connectivity index (χ2n) is 8.68. The molecule has 2 N–H and O–H groups in total. The molecule has 0 unspecified atom stereocenters. The molecule has 2 aliphatic rings. The molecule has 0 aromatic heterocycles. The van der Waals surface area contributed by atoms with Gasteiger partial charge in [-0.25, -0.2) is 0 Å². The first-order valence-corrected chi connectivity index (χ1v) is 12.1. The molecule has 35 heavy (non-hydrogen) atoms. The number of carbonyl (C=O) groups excluding carboxylic acids is 3. The van der Waals surface area contributed by atoms with Crippen molar-refractivity contribution in [3.05, 3.63) is 48.0 Å². The van der Waals surface area contributed by atoms with Crippen molar-refractivity contribution in [2.75, 3.05) is 50.2 Å². The minimum atomic E-state index is -0.338. The lowest BCUT2D eigenvalue weighted by Gasteiger charge is -2.33. The summed E-state index contributed by atoms with van der Waals surface area (Å²) in [5.41, 5.74) is 1.38. The van der Waals surface area contributed by atoms with Crippen molar-refractivity contribution in [1.82, 2.24) is 9.80 Å². The molecule has 4 rings (SSSR count). The number of para-hydroxylation sites is 1. The number of nitrogens with zero attached hydrogens (tertiary/aromatic N) is 2. The van der Waals surface area contributed by atoms with Gasteiger partial charge in [0.1, 0.15) is 0 Å². The molecule has 0 radical (unpaired) electrons. The summed E-state index contributed by atoms with van der Waals surface area (Å²) in [6.07, 6.45) is 1.49. The summed E-state index contributed by atoms with van der Waals surface area (Å²) in [7, 11) is 0. The molecule has 0 saturated carbocycles. The SMILES string of the molecule is CCN(CC)C(=O)C1CCN(CC(=O)Nc2ccccc2C(=O)Nc2ccc3c(c2)OCO3)CC1. The molecule has 0 spiro atoms. The highest BCUT2D eigenvalue weighted by Crippen LogP contribution is 2.34. The van der Waals surface area contributed by atoms with E-state index in [2.05, 4.69) is 15.5 Å². The van der Waals surface area contributed by atoms with Crippen LogP contribution < -0.4 is 20.1 Å². The first kappa shape index (κ1) is 24.5. The number of fused-ring (bicyclic) bond motifs is 1. The van der Waals surface area contributed by atoms with E-state index in [4.69, 9.17) is 9.47 Å². The zero-order chi connectivity index (χ0) is 24.8. The fraction of sp³-hybridized carbons (Fsp3) is 0.423. The molecule has 1 saturated heterocycles. The van der Waals surface area contributed by atoms with Crippen LogP contribution in [0.2, 0.25) is 0 Å². The lowest BCUT2D eigenvalue weighted by molar-refractivity contribution is -0.136. The maximum Gasteiger partial charge on any atom is 0.257 e. The topological polar surface area (TPSA) is 100 Å². The molecule has 1 fully saturated rings. The largest absolute Gasteiger partial charge is 0.454 e. The second kappa shape index (κ2) is 11.2. The maximum atomic E-state index is 12.9. The average Bonchev–Trinajstić information content (AvgIpc) is 3.33. The van der Waals surface area contributed by atoms with Crippen LogP contribution in [-0.2, 0) is 9.59 Å². The number of anilines is 2. The molecule has 0 aliphatic carbocycles. The van der Waals surface area contributed by atoms with Crippen molar-refractivity contribution in [2.24, 2.45) is 5.92 Å². The first-order chi connectivity index (χ1) is 17.0. The van der Waals surface area contributed by atoms with E-state index >= 15 is 0 Å². The van der Waals surface area contributed by atoms with Crippen molar-refractivity contribution in [2.45, 2.75) is 26.7 Å². The predicted octanol–water partition coefficient (Wildman–Crippen LogP) is 3.19. The Labute approximate surface area is 205 Å². The zero-order valence-corrected chi connectivity index (χ0v) is 20.2. The highest BCUT2D eigenvalue weighted by atomic mass is 16.7. The molecule has 2 aromatic rings. The van der Waals surface area contributed by atoms with Crippen LogP contribution in [0.3, 0.4) is 0 Å². The van der Waals surface area contributed by atoms with Crippen molar-refractivity contribution >= 4 is 29.1 Å². The Morgan fingerprint density at radius 3 is 2.43 bits per heavy atom. The van der Waals surface area contributed by atoms with Gasteiger partial charge in [0.15, 0.2) is 11.5 Å². The third kappa shape index (κ3) is 5.92. The summed E-state index contributed by atoms with van der Waals surface area (Å²) in [6.45, 7) is 7.19. The lowest BCUT2D eigenvalue weighted by atomic mass is 9.95. The van der Waals surface area contributed by atoms with E-state index in [1.165, 1.54) is 0 Å². The average molecular weight is 481 g/mol. The Balaban J connectivity index is 1.32. The number of nitrogens with one attached hydrogen (secondary N) is 2. The molecule has 2 aliphatic heterocycles. The van der Waals surface area contributed by atoms with E-state index in [0.29, 0.717) is 41.5 Å². The lowest BCUT2D eigenvalue weighted by Crippen LogP contribution is -2.44. The normalized spacial score (nSPS) is 15.5. The highest BCUT2D eigenvalue weighted by Gasteiger charge is 2.28. The number of rotatable bonds is 8. The number of piperidine rings is 1. The Kier molecular flexibility index (Phi) is 7.87. The molecule has 0 atom stereocenters. The van der Waals surface area contributed by atoms with Crippen molar-refractivity contribution in [3.63, 3.8) is 0 Å². The van der Waals surface area contributed by atoms with Crippen LogP contribution in [0.1, 0.15) is 37.0 Å². The number of carbonyl (C=O) groups is 3. The van der Waals surface area contributed by atoms with Gasteiger partial charge in [-0.2, -0.15) is 0 Å². The van der Waals surface area contributed by atoms with Crippen LogP contribution in [0.5, 0.6) is 11.5 Å². The van der Waals surface area contributed by atoms with Gasteiger partial charge >= 0.3 is 0 Å². The van der Waals surface area contributed by atoms with E-state index in [9.17, 15) is 14.4 Å². The van der Waals surface area contributed by atoms with Gasteiger partial charge in [-0.3, -0.25) is 19.3 Å². The van der Waals surface area contributed by atoms with Crippen LogP contribution in [-0.4, -0.2) is 67.0 Å². The Morgan fingerprint density at radius 1 is 0.971 bits per heavy atom. The Hall–Kier alpha value is -3.59. The minimum absolute atomic E-state index is 0.0230. The Morgan fingerprint density at radius 2 is 1.69 bits per heavy atom. The fourth-order valence-electron chi connectivity index (χ4n) is 4.49. The van der Waals surface area contributed by atoms with E-state index in [1.807, 2.05) is 18.7 Å². The zero-order valence-electron chi connectivity index (χ0n) is 20.2. The summed E-state index contributed by atoms with van der Waals surface area (Å²) in [4.78, 5) is 42.2. The second-order valence-corrected chi connectivity index (χ2v) is 8.68. The van der Waals surface area contributed by atoms with Gasteiger partial charge in [0.2, 0.25) is 18.6 Å². The van der Waals surface area contributed by atoms with Crippen molar-refractivity contribution in [3.8, 4) is 11.5 Å². The summed E-state index contributed by atoms with van der Waals surface area (Å²) in [5.74, 6) is 0.915. The van der Waals surface area contributed by atoms with Crippen molar-refractivity contribution < 1.29 is 23.9 Å². The molecular weight excluding hydrogens is 448 g/mol. The summed E-state index contributed by atoms with van der Waals surface area (Å²) in [6, 6.07) is 12.1. The molecule has 2 aromatic carbocycles. The maximum absolute atomic E-state index is 12.9. The summed E-state index contributed by atoms with van der Waals surface area (Å²) in [5, 5.41) is 5.72. The Bertz CT molecular complexity index is 1080. The third-order valence-electron chi connectivity index (χ3n) is 6.46. The number of benzene rings is 2. The molecular formula is C26H32N4O5. The van der Waals surface area contributed by atoms with Gasteiger partial charge in [0, 0.05) is 30.8 Å². The smallest absolute Gasteiger partial charge is 0.257 e. The van der Waals surface area contributed by atoms with Gasteiger partial charge in [-0.1, -0.05) is 12.1 Å². The summed E-state index contributed by atoms with van der Waals surface area (Å²) < 4.78 is 10.7. The molecule has 186 valence electrons. The van der Waals surface area contributed by atoms with Crippen LogP contribution in [0.25, 0.3) is 0 Å². The van der Waals surface area contributed by atoms with Crippen LogP contribution >= 0.6 is 0 Å². The monoisotopic (exact) mass is 480 g/mol.